The van der Waals surface area contributed by atoms with E-state index in [9.17, 15) is 8.42 Å². The Morgan fingerprint density at radius 1 is 0.952 bits per heavy atom. The first-order valence-corrected chi connectivity index (χ1v) is 8.26. The molecular formula is C13H15NO5S2. The van der Waals surface area contributed by atoms with E-state index in [2.05, 4.69) is 0 Å². The molecule has 2 rings (SSSR count). The van der Waals surface area contributed by atoms with Crippen molar-refractivity contribution in [3.63, 3.8) is 0 Å². The lowest BCUT2D eigenvalue weighted by molar-refractivity contribution is 0.325. The third-order valence-electron chi connectivity index (χ3n) is 2.88. The summed E-state index contributed by atoms with van der Waals surface area (Å²) in [5.74, 6) is 1.27. The fourth-order valence-corrected chi connectivity index (χ4v) is 3.85. The van der Waals surface area contributed by atoms with Gasteiger partial charge < -0.3 is 14.2 Å². The second-order valence-corrected chi connectivity index (χ2v) is 6.72. The van der Waals surface area contributed by atoms with Crippen LogP contribution in [-0.2, 0) is 10.0 Å². The van der Waals surface area contributed by atoms with Crippen molar-refractivity contribution in [2.24, 2.45) is 5.14 Å². The molecule has 6 nitrogen and oxygen atoms in total. The number of rotatable bonds is 5. The van der Waals surface area contributed by atoms with E-state index in [1.807, 2.05) is 0 Å². The van der Waals surface area contributed by atoms with Crippen molar-refractivity contribution in [3.05, 3.63) is 23.6 Å². The minimum Gasteiger partial charge on any atom is -0.493 e. The molecule has 1 aromatic carbocycles. The van der Waals surface area contributed by atoms with Crippen LogP contribution in [0.1, 0.15) is 0 Å². The predicted molar refractivity (Wildman–Crippen MR) is 80.8 cm³/mol. The molecule has 1 aromatic heterocycles. The van der Waals surface area contributed by atoms with Crippen LogP contribution in [0.5, 0.6) is 17.2 Å². The maximum absolute atomic E-state index is 11.7. The smallest absolute Gasteiger partial charge is 0.248 e. The summed E-state index contributed by atoms with van der Waals surface area (Å²) in [6.07, 6.45) is 0. The largest absolute Gasteiger partial charge is 0.493 e. The summed E-state index contributed by atoms with van der Waals surface area (Å²) >= 11 is 1.05. The highest BCUT2D eigenvalue weighted by molar-refractivity contribution is 7.91. The topological polar surface area (TPSA) is 87.9 Å². The molecule has 0 fully saturated rings. The zero-order valence-electron chi connectivity index (χ0n) is 11.7. The number of nitrogens with two attached hydrogens (primary N) is 1. The highest BCUT2D eigenvalue weighted by atomic mass is 32.2. The molecule has 0 bridgehead atoms. The van der Waals surface area contributed by atoms with Crippen LogP contribution in [0.15, 0.2) is 27.8 Å². The summed E-state index contributed by atoms with van der Waals surface area (Å²) < 4.78 is 39.3. The molecule has 0 saturated heterocycles. The van der Waals surface area contributed by atoms with E-state index in [1.165, 1.54) is 21.3 Å². The molecule has 0 radical (unpaired) electrons. The van der Waals surface area contributed by atoms with Crippen molar-refractivity contribution >= 4 is 21.4 Å². The molecule has 0 aliphatic carbocycles. The Morgan fingerprint density at radius 3 is 2.14 bits per heavy atom. The molecule has 0 saturated carbocycles. The lowest BCUT2D eigenvalue weighted by Gasteiger charge is -2.15. The Morgan fingerprint density at radius 2 is 1.62 bits per heavy atom. The lowest BCUT2D eigenvalue weighted by Crippen LogP contribution is -2.11. The van der Waals surface area contributed by atoms with Gasteiger partial charge in [0.15, 0.2) is 11.5 Å². The van der Waals surface area contributed by atoms with Crippen LogP contribution in [0.4, 0.5) is 0 Å². The number of hydrogen-bond donors (Lipinski definition) is 1. The number of sulfonamides is 1. The van der Waals surface area contributed by atoms with Crippen molar-refractivity contribution < 1.29 is 22.6 Å². The third-order valence-corrected chi connectivity index (χ3v) is 5.31. The van der Waals surface area contributed by atoms with Crippen molar-refractivity contribution in [1.29, 1.82) is 0 Å². The van der Waals surface area contributed by atoms with E-state index in [-0.39, 0.29) is 4.21 Å². The van der Waals surface area contributed by atoms with E-state index in [1.54, 1.807) is 23.6 Å². The maximum Gasteiger partial charge on any atom is 0.248 e. The van der Waals surface area contributed by atoms with Crippen LogP contribution in [0.3, 0.4) is 0 Å². The average molecular weight is 329 g/mol. The van der Waals surface area contributed by atoms with Gasteiger partial charge in [-0.3, -0.25) is 0 Å². The van der Waals surface area contributed by atoms with Gasteiger partial charge in [0.2, 0.25) is 15.8 Å². The minimum absolute atomic E-state index is 0.0769. The normalized spacial score (nSPS) is 11.2. The molecule has 0 aliphatic rings. The molecule has 21 heavy (non-hydrogen) atoms. The number of thiophene rings is 1. The molecular weight excluding hydrogens is 314 g/mol. The molecule has 0 spiro atoms. The Balaban J connectivity index is 2.74. The molecule has 0 amide bonds. The second-order valence-electron chi connectivity index (χ2n) is 4.05. The number of methoxy groups -OCH3 is 3. The lowest BCUT2D eigenvalue weighted by atomic mass is 10.1. The molecule has 114 valence electrons. The zero-order valence-corrected chi connectivity index (χ0v) is 13.4. The van der Waals surface area contributed by atoms with Gasteiger partial charge in [0, 0.05) is 11.1 Å². The Bertz CT molecular complexity index is 752. The van der Waals surface area contributed by atoms with Gasteiger partial charge in [-0.25, -0.2) is 13.6 Å². The standard InChI is InChI=1S/C13H15NO5S2/c1-17-10-5-4-8(11(18-2)12(10)19-3)9-6-7-20-13(9)21(14,15)16/h4-7H,1-3H3,(H2,14,15,16). The highest BCUT2D eigenvalue weighted by Crippen LogP contribution is 2.46. The van der Waals surface area contributed by atoms with E-state index in [0.29, 0.717) is 28.4 Å². The van der Waals surface area contributed by atoms with Crippen molar-refractivity contribution in [1.82, 2.24) is 0 Å². The Labute approximate surface area is 127 Å². The van der Waals surface area contributed by atoms with E-state index < -0.39 is 10.0 Å². The average Bonchev–Trinajstić information content (AvgIpc) is 2.94. The monoisotopic (exact) mass is 329 g/mol. The van der Waals surface area contributed by atoms with E-state index >= 15 is 0 Å². The molecule has 2 aromatic rings. The van der Waals surface area contributed by atoms with Crippen LogP contribution in [-0.4, -0.2) is 29.7 Å². The number of ether oxygens (including phenoxy) is 3. The predicted octanol–water partition coefficient (Wildman–Crippen LogP) is 2.09. The summed E-state index contributed by atoms with van der Waals surface area (Å²) in [7, 11) is 0.664. The van der Waals surface area contributed by atoms with Crippen LogP contribution < -0.4 is 19.3 Å². The van der Waals surface area contributed by atoms with Gasteiger partial charge in [0.1, 0.15) is 4.21 Å². The summed E-state index contributed by atoms with van der Waals surface area (Å²) in [6.45, 7) is 0. The fraction of sp³-hybridized carbons (Fsp3) is 0.231. The minimum atomic E-state index is -3.81. The first kappa shape index (κ1) is 15.6. The Hall–Kier alpha value is -1.77. The maximum atomic E-state index is 11.7. The molecule has 0 aliphatic heterocycles. The van der Waals surface area contributed by atoms with Crippen LogP contribution >= 0.6 is 11.3 Å². The van der Waals surface area contributed by atoms with Gasteiger partial charge in [0.25, 0.3) is 0 Å². The van der Waals surface area contributed by atoms with Crippen molar-refractivity contribution in [2.75, 3.05) is 21.3 Å². The summed E-state index contributed by atoms with van der Waals surface area (Å²) in [4.78, 5) is 0. The summed E-state index contributed by atoms with van der Waals surface area (Å²) in [5.41, 5.74) is 1.04. The molecule has 0 unspecified atom stereocenters. The number of hydrogen-bond acceptors (Lipinski definition) is 6. The van der Waals surface area contributed by atoms with E-state index in [4.69, 9.17) is 19.3 Å². The molecule has 0 atom stereocenters. The van der Waals surface area contributed by atoms with E-state index in [0.717, 1.165) is 11.3 Å². The van der Waals surface area contributed by atoms with Gasteiger partial charge in [-0.1, -0.05) is 0 Å². The van der Waals surface area contributed by atoms with Crippen molar-refractivity contribution in [3.8, 4) is 28.4 Å². The molecule has 2 N–H and O–H groups in total. The third kappa shape index (κ3) is 2.82. The van der Waals surface area contributed by atoms with Crippen LogP contribution in [0.2, 0.25) is 0 Å². The van der Waals surface area contributed by atoms with Crippen LogP contribution in [0.25, 0.3) is 11.1 Å². The zero-order chi connectivity index (χ0) is 15.6. The number of benzene rings is 1. The summed E-state index contributed by atoms with van der Waals surface area (Å²) in [5, 5.41) is 6.90. The first-order chi connectivity index (χ1) is 9.93. The SMILES string of the molecule is COc1ccc(-c2ccsc2S(N)(=O)=O)c(OC)c1OC. The molecule has 8 heteroatoms. The van der Waals surface area contributed by atoms with Gasteiger partial charge in [-0.05, 0) is 23.6 Å². The first-order valence-electron chi connectivity index (χ1n) is 5.83. The fourth-order valence-electron chi connectivity index (χ4n) is 2.03. The van der Waals surface area contributed by atoms with Gasteiger partial charge in [-0.2, -0.15) is 0 Å². The van der Waals surface area contributed by atoms with Gasteiger partial charge in [-0.15, -0.1) is 11.3 Å². The van der Waals surface area contributed by atoms with Gasteiger partial charge in [0.05, 0.1) is 21.3 Å². The van der Waals surface area contributed by atoms with Gasteiger partial charge >= 0.3 is 0 Å². The Kier molecular flexibility index (Phi) is 4.40. The molecule has 1 heterocycles. The summed E-state index contributed by atoms with van der Waals surface area (Å²) in [6, 6.07) is 5.06. The number of primary sulfonamides is 1. The van der Waals surface area contributed by atoms with Crippen LogP contribution in [0, 0.1) is 0 Å². The quantitative estimate of drug-likeness (QED) is 0.907. The van der Waals surface area contributed by atoms with Crippen molar-refractivity contribution in [2.45, 2.75) is 4.21 Å². The highest BCUT2D eigenvalue weighted by Gasteiger charge is 2.23. The second kappa shape index (κ2) is 5.92.